The first-order valence-electron chi connectivity index (χ1n) is 5.89. The van der Waals surface area contributed by atoms with Crippen molar-refractivity contribution in [3.05, 3.63) is 24.3 Å². The molecule has 4 nitrogen and oxygen atoms in total. The average Bonchev–Trinajstić information content (AvgIpc) is 2.78. The molecule has 1 aliphatic heterocycles. The number of benzene rings is 1. The summed E-state index contributed by atoms with van der Waals surface area (Å²) in [5, 5.41) is 0. The Kier molecular flexibility index (Phi) is 3.40. The largest absolute Gasteiger partial charge is 0.399 e. The normalized spacial score (nSPS) is 21.8. The van der Waals surface area contributed by atoms with E-state index in [1.165, 1.54) is 0 Å². The van der Waals surface area contributed by atoms with Crippen molar-refractivity contribution in [1.82, 2.24) is 4.31 Å². The summed E-state index contributed by atoms with van der Waals surface area (Å²) in [6.45, 7) is 3.37. The van der Waals surface area contributed by atoms with Crippen molar-refractivity contribution < 1.29 is 8.42 Å². The van der Waals surface area contributed by atoms with Gasteiger partial charge in [0.2, 0.25) is 10.0 Å². The van der Waals surface area contributed by atoms with Gasteiger partial charge in [0, 0.05) is 18.8 Å². The summed E-state index contributed by atoms with van der Waals surface area (Å²) >= 11 is 0. The Morgan fingerprint density at radius 1 is 1.35 bits per heavy atom. The van der Waals surface area contributed by atoms with Crippen LogP contribution in [0.1, 0.15) is 19.8 Å². The van der Waals surface area contributed by atoms with E-state index in [1.54, 1.807) is 28.6 Å². The molecule has 2 rings (SSSR count). The first kappa shape index (κ1) is 12.4. The van der Waals surface area contributed by atoms with E-state index < -0.39 is 10.0 Å². The molecule has 94 valence electrons. The van der Waals surface area contributed by atoms with Gasteiger partial charge in [0.1, 0.15) is 0 Å². The lowest BCUT2D eigenvalue weighted by atomic mass is 10.1. The number of hydrogen-bond acceptors (Lipinski definition) is 3. The molecular weight excluding hydrogens is 236 g/mol. The Bertz CT molecular complexity index is 482. The fraction of sp³-hybridized carbons (Fsp3) is 0.500. The van der Waals surface area contributed by atoms with Crippen LogP contribution in [-0.2, 0) is 10.0 Å². The Morgan fingerprint density at radius 2 is 2.00 bits per heavy atom. The number of nitrogens with two attached hydrogens (primary N) is 1. The maximum atomic E-state index is 12.3. The topological polar surface area (TPSA) is 63.4 Å². The number of anilines is 1. The van der Waals surface area contributed by atoms with Gasteiger partial charge in [-0.2, -0.15) is 4.31 Å². The van der Waals surface area contributed by atoms with E-state index in [1.807, 2.05) is 0 Å². The summed E-state index contributed by atoms with van der Waals surface area (Å²) in [6.07, 6.45) is 2.00. The van der Waals surface area contributed by atoms with Crippen LogP contribution >= 0.6 is 0 Å². The van der Waals surface area contributed by atoms with E-state index in [0.29, 0.717) is 29.6 Å². The molecule has 1 aromatic carbocycles. The van der Waals surface area contributed by atoms with Gasteiger partial charge in [0.25, 0.3) is 0 Å². The van der Waals surface area contributed by atoms with Crippen LogP contribution in [0.4, 0.5) is 5.69 Å². The zero-order chi connectivity index (χ0) is 12.5. The van der Waals surface area contributed by atoms with Gasteiger partial charge < -0.3 is 5.73 Å². The summed E-state index contributed by atoms with van der Waals surface area (Å²) in [7, 11) is -3.32. The molecule has 0 amide bonds. The van der Waals surface area contributed by atoms with Gasteiger partial charge in [0.15, 0.2) is 0 Å². The summed E-state index contributed by atoms with van der Waals surface area (Å²) in [4.78, 5) is 0.337. The van der Waals surface area contributed by atoms with Crippen LogP contribution < -0.4 is 5.73 Å². The summed E-state index contributed by atoms with van der Waals surface area (Å²) in [6, 6.07) is 6.40. The third kappa shape index (κ3) is 2.45. The number of nitrogen functional groups attached to an aromatic ring is 1. The zero-order valence-corrected chi connectivity index (χ0v) is 10.8. The van der Waals surface area contributed by atoms with E-state index in [9.17, 15) is 8.42 Å². The third-order valence-electron chi connectivity index (χ3n) is 3.34. The molecule has 0 aliphatic carbocycles. The quantitative estimate of drug-likeness (QED) is 0.835. The maximum Gasteiger partial charge on any atom is 0.243 e. The molecule has 1 fully saturated rings. The van der Waals surface area contributed by atoms with Gasteiger partial charge in [-0.25, -0.2) is 8.42 Å². The van der Waals surface area contributed by atoms with Gasteiger partial charge in [-0.3, -0.25) is 0 Å². The Hall–Kier alpha value is -1.07. The van der Waals surface area contributed by atoms with E-state index in [0.717, 1.165) is 12.8 Å². The highest BCUT2D eigenvalue weighted by Crippen LogP contribution is 2.26. The monoisotopic (exact) mass is 254 g/mol. The number of sulfonamides is 1. The van der Waals surface area contributed by atoms with Gasteiger partial charge in [-0.05, 0) is 36.6 Å². The lowest BCUT2D eigenvalue weighted by Gasteiger charge is -2.16. The SMILES string of the molecule is CCC1CCN(S(=O)(=O)c2ccc(N)cc2)C1. The van der Waals surface area contributed by atoms with E-state index in [4.69, 9.17) is 5.73 Å². The molecule has 1 heterocycles. The third-order valence-corrected chi connectivity index (χ3v) is 5.22. The molecule has 0 radical (unpaired) electrons. The molecule has 1 unspecified atom stereocenters. The van der Waals surface area contributed by atoms with Crippen LogP contribution in [0.5, 0.6) is 0 Å². The first-order chi connectivity index (χ1) is 8.04. The molecule has 1 aromatic rings. The van der Waals surface area contributed by atoms with E-state index in [2.05, 4.69) is 6.92 Å². The van der Waals surface area contributed by atoms with Crippen molar-refractivity contribution in [2.75, 3.05) is 18.8 Å². The fourth-order valence-electron chi connectivity index (χ4n) is 2.14. The van der Waals surface area contributed by atoms with Gasteiger partial charge >= 0.3 is 0 Å². The molecule has 0 spiro atoms. The molecule has 0 bridgehead atoms. The fourth-order valence-corrected chi connectivity index (χ4v) is 3.67. The average molecular weight is 254 g/mol. The maximum absolute atomic E-state index is 12.3. The molecule has 1 saturated heterocycles. The Labute approximate surface area is 102 Å². The highest BCUT2D eigenvalue weighted by Gasteiger charge is 2.31. The minimum absolute atomic E-state index is 0.337. The smallest absolute Gasteiger partial charge is 0.243 e. The van der Waals surface area contributed by atoms with Crippen LogP contribution in [0.2, 0.25) is 0 Å². The standard InChI is InChI=1S/C12H18N2O2S/c1-2-10-7-8-14(9-10)17(15,16)12-5-3-11(13)4-6-12/h3-6,10H,2,7-9,13H2,1H3. The van der Waals surface area contributed by atoms with E-state index >= 15 is 0 Å². The van der Waals surface area contributed by atoms with Crippen molar-refractivity contribution >= 4 is 15.7 Å². The van der Waals surface area contributed by atoms with Gasteiger partial charge in [0.05, 0.1) is 4.90 Å². The molecule has 17 heavy (non-hydrogen) atoms. The van der Waals surface area contributed by atoms with Crippen LogP contribution in [0.3, 0.4) is 0 Å². The minimum Gasteiger partial charge on any atom is -0.399 e. The van der Waals surface area contributed by atoms with E-state index in [-0.39, 0.29) is 0 Å². The first-order valence-corrected chi connectivity index (χ1v) is 7.33. The number of hydrogen-bond donors (Lipinski definition) is 1. The van der Waals surface area contributed by atoms with Gasteiger partial charge in [-0.15, -0.1) is 0 Å². The Morgan fingerprint density at radius 3 is 2.53 bits per heavy atom. The highest BCUT2D eigenvalue weighted by atomic mass is 32.2. The second-order valence-corrected chi connectivity index (χ2v) is 6.43. The second kappa shape index (κ2) is 4.66. The van der Waals surface area contributed by atoms with Crippen molar-refractivity contribution in [1.29, 1.82) is 0 Å². The summed E-state index contributed by atoms with van der Waals surface area (Å²) < 4.78 is 26.2. The van der Waals surface area contributed by atoms with Crippen molar-refractivity contribution in [2.24, 2.45) is 5.92 Å². The van der Waals surface area contributed by atoms with Crippen LogP contribution in [0.25, 0.3) is 0 Å². The molecule has 5 heteroatoms. The van der Waals surface area contributed by atoms with Crippen LogP contribution in [0.15, 0.2) is 29.2 Å². The van der Waals surface area contributed by atoms with Gasteiger partial charge in [-0.1, -0.05) is 13.3 Å². The molecule has 2 N–H and O–H groups in total. The second-order valence-electron chi connectivity index (χ2n) is 4.50. The lowest BCUT2D eigenvalue weighted by molar-refractivity contribution is 0.453. The van der Waals surface area contributed by atoms with Crippen molar-refractivity contribution in [3.8, 4) is 0 Å². The number of nitrogens with zero attached hydrogens (tertiary/aromatic N) is 1. The Balaban J connectivity index is 2.22. The van der Waals surface area contributed by atoms with Crippen LogP contribution in [0, 0.1) is 5.92 Å². The van der Waals surface area contributed by atoms with Crippen molar-refractivity contribution in [2.45, 2.75) is 24.7 Å². The lowest BCUT2D eigenvalue weighted by Crippen LogP contribution is -2.28. The summed E-state index contributed by atoms with van der Waals surface area (Å²) in [5.41, 5.74) is 6.14. The predicted octanol–water partition coefficient (Wildman–Crippen LogP) is 1.69. The minimum atomic E-state index is -3.32. The van der Waals surface area contributed by atoms with Crippen molar-refractivity contribution in [3.63, 3.8) is 0 Å². The molecule has 1 aliphatic rings. The molecular formula is C12H18N2O2S. The highest BCUT2D eigenvalue weighted by molar-refractivity contribution is 7.89. The molecule has 1 atom stereocenters. The van der Waals surface area contributed by atoms with Crippen LogP contribution in [-0.4, -0.2) is 25.8 Å². The number of rotatable bonds is 3. The predicted molar refractivity (Wildman–Crippen MR) is 68.0 cm³/mol. The molecule has 0 aromatic heterocycles. The zero-order valence-electron chi connectivity index (χ0n) is 9.96. The summed E-state index contributed by atoms with van der Waals surface area (Å²) in [5.74, 6) is 0.499. The molecule has 0 saturated carbocycles.